The van der Waals surface area contributed by atoms with E-state index in [9.17, 15) is 4.79 Å². The molecule has 3 rings (SSSR count). The molecule has 30 heavy (non-hydrogen) atoms. The summed E-state index contributed by atoms with van der Waals surface area (Å²) < 4.78 is 5.92. The molecule has 1 aliphatic rings. The SMILES string of the molecule is CC(C)C(CNC(=O)Nc1cc(Cl)ccc1Oc1ccccc1)N1CCN(C)CC1. The summed E-state index contributed by atoms with van der Waals surface area (Å²) >= 11 is 6.15. The summed E-state index contributed by atoms with van der Waals surface area (Å²) in [5.41, 5.74) is 0.532. The monoisotopic (exact) mass is 430 g/mol. The Bertz CT molecular complexity index is 823. The number of hydrogen-bond acceptors (Lipinski definition) is 4. The minimum absolute atomic E-state index is 0.269. The van der Waals surface area contributed by atoms with Gasteiger partial charge in [0.2, 0.25) is 0 Å². The van der Waals surface area contributed by atoms with E-state index in [0.29, 0.717) is 40.7 Å². The van der Waals surface area contributed by atoms with Crippen LogP contribution in [-0.4, -0.2) is 61.6 Å². The Kier molecular flexibility index (Phi) is 7.96. The molecule has 0 radical (unpaired) electrons. The Hall–Kier alpha value is -2.28. The first-order valence-corrected chi connectivity index (χ1v) is 10.8. The van der Waals surface area contributed by atoms with Gasteiger partial charge in [-0.05, 0) is 43.3 Å². The smallest absolute Gasteiger partial charge is 0.319 e. The van der Waals surface area contributed by atoms with E-state index in [1.54, 1.807) is 18.2 Å². The quantitative estimate of drug-likeness (QED) is 0.677. The highest BCUT2D eigenvalue weighted by Crippen LogP contribution is 2.32. The van der Waals surface area contributed by atoms with Gasteiger partial charge in [-0.25, -0.2) is 4.79 Å². The minimum atomic E-state index is -0.269. The number of para-hydroxylation sites is 1. The first-order valence-electron chi connectivity index (χ1n) is 10.4. The number of amides is 2. The second kappa shape index (κ2) is 10.7. The van der Waals surface area contributed by atoms with Crippen molar-refractivity contribution in [1.82, 2.24) is 15.1 Å². The lowest BCUT2D eigenvalue weighted by Crippen LogP contribution is -2.54. The van der Waals surface area contributed by atoms with Crippen LogP contribution in [-0.2, 0) is 0 Å². The van der Waals surface area contributed by atoms with Gasteiger partial charge in [-0.1, -0.05) is 43.6 Å². The third kappa shape index (κ3) is 6.36. The lowest BCUT2D eigenvalue weighted by Gasteiger charge is -2.39. The Balaban J connectivity index is 1.61. The van der Waals surface area contributed by atoms with Gasteiger partial charge in [0.25, 0.3) is 0 Å². The van der Waals surface area contributed by atoms with E-state index in [0.717, 1.165) is 26.2 Å². The van der Waals surface area contributed by atoms with Gasteiger partial charge in [0, 0.05) is 43.8 Å². The molecule has 1 aliphatic heterocycles. The number of likely N-dealkylation sites (N-methyl/N-ethyl adjacent to an activating group) is 1. The molecular formula is C23H31ClN4O2. The van der Waals surface area contributed by atoms with E-state index in [1.807, 2.05) is 30.3 Å². The van der Waals surface area contributed by atoms with Crippen molar-refractivity contribution in [1.29, 1.82) is 0 Å². The van der Waals surface area contributed by atoms with Crippen molar-refractivity contribution >= 4 is 23.3 Å². The van der Waals surface area contributed by atoms with E-state index in [-0.39, 0.29) is 6.03 Å². The highest BCUT2D eigenvalue weighted by Gasteiger charge is 2.25. The van der Waals surface area contributed by atoms with E-state index in [4.69, 9.17) is 16.3 Å². The molecule has 2 aromatic carbocycles. The molecule has 2 amide bonds. The summed E-state index contributed by atoms with van der Waals surface area (Å²) in [5.74, 6) is 1.68. The number of halogens is 1. The predicted octanol–water partition coefficient (Wildman–Crippen LogP) is 4.53. The largest absolute Gasteiger partial charge is 0.455 e. The molecule has 1 atom stereocenters. The molecule has 1 fully saturated rings. The van der Waals surface area contributed by atoms with Crippen molar-refractivity contribution < 1.29 is 9.53 Å². The highest BCUT2D eigenvalue weighted by atomic mass is 35.5. The van der Waals surface area contributed by atoms with Gasteiger partial charge in [0.1, 0.15) is 5.75 Å². The number of rotatable bonds is 7. The molecule has 1 unspecified atom stereocenters. The standard InChI is InChI=1S/C23H31ClN4O2/c1-17(2)21(28-13-11-27(3)12-14-28)16-25-23(29)26-20-15-18(24)9-10-22(20)30-19-7-5-4-6-8-19/h4-10,15,17,21H,11-14,16H2,1-3H3,(H2,25,26,29). The molecule has 0 saturated carbocycles. The van der Waals surface area contributed by atoms with Gasteiger partial charge in [-0.2, -0.15) is 0 Å². The number of urea groups is 1. The third-order valence-corrected chi connectivity index (χ3v) is 5.64. The summed E-state index contributed by atoms with van der Waals surface area (Å²) in [7, 11) is 2.15. The zero-order valence-corrected chi connectivity index (χ0v) is 18.7. The Labute approximate surface area is 184 Å². The number of nitrogens with one attached hydrogen (secondary N) is 2. The molecular weight excluding hydrogens is 400 g/mol. The van der Waals surface area contributed by atoms with Crippen LogP contribution in [0.2, 0.25) is 5.02 Å². The Morgan fingerprint density at radius 1 is 1.10 bits per heavy atom. The van der Waals surface area contributed by atoms with Crippen LogP contribution in [0, 0.1) is 5.92 Å². The molecule has 6 nitrogen and oxygen atoms in total. The van der Waals surface area contributed by atoms with E-state index in [1.165, 1.54) is 0 Å². The Morgan fingerprint density at radius 2 is 1.80 bits per heavy atom. The maximum Gasteiger partial charge on any atom is 0.319 e. The highest BCUT2D eigenvalue weighted by molar-refractivity contribution is 6.31. The number of piperazine rings is 1. The maximum atomic E-state index is 12.6. The fraction of sp³-hybridized carbons (Fsp3) is 0.435. The minimum Gasteiger partial charge on any atom is -0.455 e. The van der Waals surface area contributed by atoms with Crippen LogP contribution in [0.15, 0.2) is 48.5 Å². The summed E-state index contributed by atoms with van der Waals surface area (Å²) in [6, 6.07) is 14.7. The number of hydrogen-bond donors (Lipinski definition) is 2. The molecule has 7 heteroatoms. The molecule has 0 aliphatic carbocycles. The van der Waals surface area contributed by atoms with Gasteiger partial charge in [0.05, 0.1) is 5.69 Å². The first-order chi connectivity index (χ1) is 14.4. The van der Waals surface area contributed by atoms with Crippen LogP contribution in [0.25, 0.3) is 0 Å². The van der Waals surface area contributed by atoms with E-state index in [2.05, 4.69) is 41.3 Å². The topological polar surface area (TPSA) is 56.8 Å². The van der Waals surface area contributed by atoms with Gasteiger partial charge in [-0.15, -0.1) is 0 Å². The van der Waals surface area contributed by atoms with Crippen LogP contribution in [0.3, 0.4) is 0 Å². The van der Waals surface area contributed by atoms with Crippen LogP contribution >= 0.6 is 11.6 Å². The third-order valence-electron chi connectivity index (χ3n) is 5.41. The molecule has 2 aromatic rings. The van der Waals surface area contributed by atoms with E-state index >= 15 is 0 Å². The number of benzene rings is 2. The number of carbonyl (C=O) groups is 1. The molecule has 162 valence electrons. The van der Waals surface area contributed by atoms with Gasteiger partial charge < -0.3 is 20.3 Å². The summed E-state index contributed by atoms with van der Waals surface area (Å²) in [4.78, 5) is 17.4. The number of carbonyl (C=O) groups excluding carboxylic acids is 1. The normalized spacial score (nSPS) is 16.3. The average Bonchev–Trinajstić information content (AvgIpc) is 2.72. The van der Waals surface area contributed by atoms with Crippen LogP contribution in [0.4, 0.5) is 10.5 Å². The fourth-order valence-corrected chi connectivity index (χ4v) is 3.78. The van der Waals surface area contributed by atoms with Gasteiger partial charge in [-0.3, -0.25) is 4.90 Å². The summed E-state index contributed by atoms with van der Waals surface area (Å²) in [6.45, 7) is 9.13. The summed E-state index contributed by atoms with van der Waals surface area (Å²) in [6.07, 6.45) is 0. The number of anilines is 1. The fourth-order valence-electron chi connectivity index (χ4n) is 3.61. The van der Waals surface area contributed by atoms with Crippen LogP contribution in [0.1, 0.15) is 13.8 Å². The molecule has 2 N–H and O–H groups in total. The maximum absolute atomic E-state index is 12.6. The zero-order valence-electron chi connectivity index (χ0n) is 17.9. The first kappa shape index (κ1) is 22.4. The van der Waals surface area contributed by atoms with E-state index < -0.39 is 0 Å². The van der Waals surface area contributed by atoms with Gasteiger partial charge >= 0.3 is 6.03 Å². The number of nitrogens with zero attached hydrogens (tertiary/aromatic N) is 2. The number of ether oxygens (including phenoxy) is 1. The average molecular weight is 431 g/mol. The van der Waals surface area contributed by atoms with Crippen molar-refractivity contribution in [2.45, 2.75) is 19.9 Å². The van der Waals surface area contributed by atoms with Gasteiger partial charge in [0.15, 0.2) is 5.75 Å². The second-order valence-electron chi connectivity index (χ2n) is 8.04. The Morgan fingerprint density at radius 3 is 2.47 bits per heavy atom. The molecule has 0 spiro atoms. The lowest BCUT2D eigenvalue weighted by atomic mass is 10.0. The molecule has 1 saturated heterocycles. The van der Waals surface area contributed by atoms with Crippen molar-refractivity contribution in [2.75, 3.05) is 45.1 Å². The summed E-state index contributed by atoms with van der Waals surface area (Å²) in [5, 5.41) is 6.45. The molecule has 1 heterocycles. The lowest BCUT2D eigenvalue weighted by molar-refractivity contribution is 0.0890. The van der Waals surface area contributed by atoms with Crippen molar-refractivity contribution in [2.24, 2.45) is 5.92 Å². The van der Waals surface area contributed by atoms with Crippen molar-refractivity contribution in [3.63, 3.8) is 0 Å². The zero-order chi connectivity index (χ0) is 21.5. The van der Waals surface area contributed by atoms with Crippen molar-refractivity contribution in [3.05, 3.63) is 53.6 Å². The molecule has 0 bridgehead atoms. The van der Waals surface area contributed by atoms with Crippen molar-refractivity contribution in [3.8, 4) is 11.5 Å². The predicted molar refractivity (Wildman–Crippen MR) is 123 cm³/mol. The van der Waals surface area contributed by atoms with Crippen LogP contribution in [0.5, 0.6) is 11.5 Å². The van der Waals surface area contributed by atoms with Crippen LogP contribution < -0.4 is 15.4 Å². The molecule has 0 aromatic heterocycles. The second-order valence-corrected chi connectivity index (χ2v) is 8.48.